The van der Waals surface area contributed by atoms with Crippen molar-refractivity contribution >= 4 is 11.4 Å². The minimum absolute atomic E-state index is 0.565. The van der Waals surface area contributed by atoms with E-state index in [0.717, 1.165) is 54.1 Å². The molecule has 1 aliphatic heterocycles. The fourth-order valence-electron chi connectivity index (χ4n) is 4.83. The monoisotopic (exact) mass is 434 g/mol. The van der Waals surface area contributed by atoms with Crippen molar-refractivity contribution in [3.8, 4) is 34.4 Å². The van der Waals surface area contributed by atoms with E-state index < -0.39 is 0 Å². The molecule has 0 unspecified atom stereocenters. The summed E-state index contributed by atoms with van der Waals surface area (Å²) in [6.45, 7) is 7.78. The van der Waals surface area contributed by atoms with Gasteiger partial charge in [-0.2, -0.15) is 10.5 Å². The molecule has 4 rings (SSSR count). The molecule has 0 atom stereocenters. The van der Waals surface area contributed by atoms with Crippen LogP contribution in [0.1, 0.15) is 44.2 Å². The number of hydrogen-bond acceptors (Lipinski definition) is 4. The van der Waals surface area contributed by atoms with Crippen molar-refractivity contribution in [3.63, 3.8) is 0 Å². The third-order valence-corrected chi connectivity index (χ3v) is 6.59. The van der Waals surface area contributed by atoms with E-state index in [-0.39, 0.29) is 0 Å². The summed E-state index contributed by atoms with van der Waals surface area (Å²) in [5.41, 5.74) is 6.84. The molecule has 0 saturated carbocycles. The molecule has 1 aliphatic rings. The van der Waals surface area contributed by atoms with Crippen LogP contribution in [0, 0.1) is 22.7 Å². The molecule has 1 saturated heterocycles. The lowest BCUT2D eigenvalue weighted by Crippen LogP contribution is -2.29. The van der Waals surface area contributed by atoms with Crippen LogP contribution < -0.4 is 9.80 Å². The van der Waals surface area contributed by atoms with Gasteiger partial charge >= 0.3 is 0 Å². The van der Waals surface area contributed by atoms with Gasteiger partial charge in [0, 0.05) is 43.0 Å². The second-order valence-electron chi connectivity index (χ2n) is 8.43. The first-order valence-electron chi connectivity index (χ1n) is 11.9. The van der Waals surface area contributed by atoms with Gasteiger partial charge in [0.1, 0.15) is 12.1 Å². The molecule has 0 radical (unpaired) electrons. The average Bonchev–Trinajstić information content (AvgIpc) is 2.89. The van der Waals surface area contributed by atoms with Crippen LogP contribution in [0.15, 0.2) is 60.7 Å². The maximum atomic E-state index is 10.2. The van der Waals surface area contributed by atoms with Crippen LogP contribution in [0.4, 0.5) is 11.4 Å². The van der Waals surface area contributed by atoms with Gasteiger partial charge in [-0.1, -0.05) is 42.5 Å². The van der Waals surface area contributed by atoms with E-state index in [0.29, 0.717) is 11.1 Å². The highest BCUT2D eigenvalue weighted by Crippen LogP contribution is 2.40. The number of nitriles is 2. The van der Waals surface area contributed by atoms with Gasteiger partial charge in [-0.25, -0.2) is 0 Å². The molecule has 3 aromatic carbocycles. The Kier molecular flexibility index (Phi) is 6.96. The van der Waals surface area contributed by atoms with Gasteiger partial charge in [0.15, 0.2) is 0 Å². The van der Waals surface area contributed by atoms with Crippen LogP contribution >= 0.6 is 0 Å². The van der Waals surface area contributed by atoms with Gasteiger partial charge in [-0.05, 0) is 62.4 Å². The van der Waals surface area contributed by atoms with Crippen molar-refractivity contribution in [2.75, 3.05) is 36.0 Å². The van der Waals surface area contributed by atoms with Crippen molar-refractivity contribution in [1.29, 1.82) is 10.5 Å². The lowest BCUT2D eigenvalue weighted by molar-refractivity contribution is 0.578. The topological polar surface area (TPSA) is 54.1 Å². The van der Waals surface area contributed by atoms with Crippen LogP contribution in [0.5, 0.6) is 0 Å². The summed E-state index contributed by atoms with van der Waals surface area (Å²) >= 11 is 0. The molecule has 4 heteroatoms. The molecule has 0 aliphatic carbocycles. The molecule has 33 heavy (non-hydrogen) atoms. The Hall–Kier alpha value is -3.76. The molecule has 3 aromatic rings. The standard InChI is InChI=1S/C29H30N4/c1-3-32(4-2)29-27(20-30)25(22-11-7-5-8-12-22)19-26(28(29)21-31)23-13-15-24(16-14-23)33-17-9-6-10-18-33/h5,7-8,11-16,19H,3-4,6,9-10,17-18H2,1-2H3. The first-order chi connectivity index (χ1) is 16.2. The number of rotatable bonds is 6. The molecule has 1 fully saturated rings. The number of anilines is 2. The lowest BCUT2D eigenvalue weighted by Gasteiger charge is -2.29. The Morgan fingerprint density at radius 1 is 0.758 bits per heavy atom. The van der Waals surface area contributed by atoms with Crippen LogP contribution in [0.25, 0.3) is 22.3 Å². The van der Waals surface area contributed by atoms with Gasteiger partial charge in [0.2, 0.25) is 0 Å². The van der Waals surface area contributed by atoms with Crippen molar-refractivity contribution in [3.05, 3.63) is 71.8 Å². The Balaban J connectivity index is 1.91. The van der Waals surface area contributed by atoms with Gasteiger partial charge in [0.25, 0.3) is 0 Å². The summed E-state index contributed by atoms with van der Waals surface area (Å²) in [7, 11) is 0. The number of hydrogen-bond donors (Lipinski definition) is 0. The molecule has 0 spiro atoms. The molecule has 0 amide bonds. The Morgan fingerprint density at radius 2 is 1.30 bits per heavy atom. The maximum Gasteiger partial charge on any atom is 0.102 e. The highest BCUT2D eigenvalue weighted by atomic mass is 15.1. The maximum absolute atomic E-state index is 10.2. The number of piperidine rings is 1. The first-order valence-corrected chi connectivity index (χ1v) is 11.9. The Bertz CT molecular complexity index is 1170. The van der Waals surface area contributed by atoms with E-state index >= 15 is 0 Å². The summed E-state index contributed by atoms with van der Waals surface area (Å²) in [6, 6.07) is 25.4. The van der Waals surface area contributed by atoms with E-state index in [1.54, 1.807) is 0 Å². The van der Waals surface area contributed by atoms with Crippen molar-refractivity contribution in [2.45, 2.75) is 33.1 Å². The van der Waals surface area contributed by atoms with Crippen molar-refractivity contribution < 1.29 is 0 Å². The van der Waals surface area contributed by atoms with E-state index in [2.05, 4.69) is 60.1 Å². The average molecular weight is 435 g/mol. The zero-order valence-electron chi connectivity index (χ0n) is 19.5. The second kappa shape index (κ2) is 10.2. The zero-order valence-corrected chi connectivity index (χ0v) is 19.5. The summed E-state index contributed by atoms with van der Waals surface area (Å²) in [5, 5.41) is 20.4. The second-order valence-corrected chi connectivity index (χ2v) is 8.43. The third-order valence-electron chi connectivity index (χ3n) is 6.59. The normalized spacial score (nSPS) is 13.3. The van der Waals surface area contributed by atoms with Crippen LogP contribution in [-0.4, -0.2) is 26.2 Å². The molecule has 0 aromatic heterocycles. The molecular formula is C29H30N4. The molecule has 0 N–H and O–H groups in total. The largest absolute Gasteiger partial charge is 0.372 e. The van der Waals surface area contributed by atoms with Gasteiger partial charge in [-0.3, -0.25) is 0 Å². The molecular weight excluding hydrogens is 404 g/mol. The predicted octanol–water partition coefficient (Wildman–Crippen LogP) is 6.60. The van der Waals surface area contributed by atoms with Crippen LogP contribution in [0.2, 0.25) is 0 Å². The molecule has 4 nitrogen and oxygen atoms in total. The Morgan fingerprint density at radius 3 is 1.82 bits per heavy atom. The molecule has 0 bridgehead atoms. The summed E-state index contributed by atoms with van der Waals surface area (Å²) < 4.78 is 0. The van der Waals surface area contributed by atoms with Crippen molar-refractivity contribution in [1.82, 2.24) is 0 Å². The zero-order chi connectivity index (χ0) is 23.2. The molecule has 166 valence electrons. The van der Waals surface area contributed by atoms with Crippen LogP contribution in [0.3, 0.4) is 0 Å². The fraction of sp³-hybridized carbons (Fsp3) is 0.310. The number of benzene rings is 3. The smallest absolute Gasteiger partial charge is 0.102 e. The Labute approximate surface area is 197 Å². The van der Waals surface area contributed by atoms with E-state index in [1.165, 1.54) is 24.9 Å². The minimum Gasteiger partial charge on any atom is -0.372 e. The number of nitrogens with zero attached hydrogens (tertiary/aromatic N) is 4. The fourth-order valence-corrected chi connectivity index (χ4v) is 4.83. The quantitative estimate of drug-likeness (QED) is 0.438. The summed E-state index contributed by atoms with van der Waals surface area (Å²) in [6.07, 6.45) is 3.79. The van der Waals surface area contributed by atoms with Crippen LogP contribution in [-0.2, 0) is 0 Å². The lowest BCUT2D eigenvalue weighted by atomic mass is 9.88. The van der Waals surface area contributed by atoms with Crippen molar-refractivity contribution in [2.24, 2.45) is 0 Å². The SMILES string of the molecule is CCN(CC)c1c(C#N)c(-c2ccccc2)cc(-c2ccc(N3CCCCC3)cc2)c1C#N. The highest BCUT2D eigenvalue weighted by molar-refractivity contribution is 5.90. The first kappa shape index (κ1) is 22.4. The summed E-state index contributed by atoms with van der Waals surface area (Å²) in [4.78, 5) is 4.56. The highest BCUT2D eigenvalue weighted by Gasteiger charge is 2.23. The summed E-state index contributed by atoms with van der Waals surface area (Å²) in [5.74, 6) is 0. The van der Waals surface area contributed by atoms with Gasteiger partial charge in [-0.15, -0.1) is 0 Å². The minimum atomic E-state index is 0.565. The van der Waals surface area contributed by atoms with E-state index in [4.69, 9.17) is 0 Å². The van der Waals surface area contributed by atoms with E-state index in [9.17, 15) is 10.5 Å². The van der Waals surface area contributed by atoms with E-state index in [1.807, 2.05) is 36.4 Å². The predicted molar refractivity (Wildman–Crippen MR) is 136 cm³/mol. The van der Waals surface area contributed by atoms with Gasteiger partial charge < -0.3 is 9.80 Å². The molecule has 1 heterocycles. The third kappa shape index (κ3) is 4.43. The van der Waals surface area contributed by atoms with Gasteiger partial charge in [0.05, 0.1) is 16.8 Å².